The molecule has 1 fully saturated rings. The minimum atomic E-state index is -3.79. The van der Waals surface area contributed by atoms with Crippen molar-refractivity contribution in [1.82, 2.24) is 5.32 Å². The van der Waals surface area contributed by atoms with E-state index < -0.39 is 10.0 Å². The number of nitrogens with one attached hydrogen (secondary N) is 2. The SMILES string of the molecule is Cc1cc(S(N)(=O)=O)cc(NC(=O)CCC2CCCN2)c1C. The Kier molecular flexibility index (Phi) is 5.20. The van der Waals surface area contributed by atoms with E-state index in [1.54, 1.807) is 6.92 Å². The average Bonchev–Trinajstić information content (AvgIpc) is 2.93. The van der Waals surface area contributed by atoms with E-state index in [2.05, 4.69) is 10.6 Å². The zero-order valence-electron chi connectivity index (χ0n) is 13.0. The summed E-state index contributed by atoms with van der Waals surface area (Å²) >= 11 is 0. The van der Waals surface area contributed by atoms with Gasteiger partial charge in [0.25, 0.3) is 0 Å². The second kappa shape index (κ2) is 6.76. The summed E-state index contributed by atoms with van der Waals surface area (Å²) < 4.78 is 23.0. The van der Waals surface area contributed by atoms with Crippen LogP contribution in [0.15, 0.2) is 17.0 Å². The Balaban J connectivity index is 2.07. The van der Waals surface area contributed by atoms with E-state index in [1.165, 1.54) is 12.1 Å². The van der Waals surface area contributed by atoms with E-state index >= 15 is 0 Å². The molecule has 1 aromatic carbocycles. The molecule has 1 aliphatic rings. The molecule has 0 aliphatic carbocycles. The normalized spacial score (nSPS) is 18.4. The first-order valence-electron chi connectivity index (χ1n) is 7.44. The Labute approximate surface area is 131 Å². The summed E-state index contributed by atoms with van der Waals surface area (Å²) in [5.74, 6) is -0.109. The summed E-state index contributed by atoms with van der Waals surface area (Å²) in [7, 11) is -3.79. The molecule has 4 N–H and O–H groups in total. The molecule has 22 heavy (non-hydrogen) atoms. The highest BCUT2D eigenvalue weighted by atomic mass is 32.2. The molecule has 1 amide bonds. The number of hydrogen-bond acceptors (Lipinski definition) is 4. The van der Waals surface area contributed by atoms with Crippen molar-refractivity contribution < 1.29 is 13.2 Å². The number of nitrogens with two attached hydrogens (primary N) is 1. The largest absolute Gasteiger partial charge is 0.326 e. The first kappa shape index (κ1) is 16.9. The van der Waals surface area contributed by atoms with Crippen molar-refractivity contribution in [2.45, 2.75) is 50.5 Å². The van der Waals surface area contributed by atoms with Crippen molar-refractivity contribution in [2.24, 2.45) is 5.14 Å². The number of primary sulfonamides is 1. The van der Waals surface area contributed by atoms with Gasteiger partial charge in [0.2, 0.25) is 15.9 Å². The molecule has 6 nitrogen and oxygen atoms in total. The monoisotopic (exact) mass is 325 g/mol. The maximum atomic E-state index is 12.1. The molecule has 122 valence electrons. The van der Waals surface area contributed by atoms with E-state index in [0.717, 1.165) is 36.9 Å². The van der Waals surface area contributed by atoms with Crippen LogP contribution in [0.2, 0.25) is 0 Å². The van der Waals surface area contributed by atoms with Gasteiger partial charge in [-0.3, -0.25) is 4.79 Å². The number of sulfonamides is 1. The number of amides is 1. The van der Waals surface area contributed by atoms with Crippen LogP contribution >= 0.6 is 0 Å². The van der Waals surface area contributed by atoms with Gasteiger partial charge in [-0.15, -0.1) is 0 Å². The van der Waals surface area contributed by atoms with Crippen LogP contribution in [0.5, 0.6) is 0 Å². The predicted octanol–water partition coefficient (Wildman–Crippen LogP) is 1.42. The second-order valence-electron chi connectivity index (χ2n) is 5.84. The molecular weight excluding hydrogens is 302 g/mol. The molecule has 0 spiro atoms. The number of carbonyl (C=O) groups is 1. The third-order valence-corrected chi connectivity index (χ3v) is 5.02. The first-order chi connectivity index (χ1) is 10.3. The zero-order chi connectivity index (χ0) is 16.3. The molecule has 1 saturated heterocycles. The number of anilines is 1. The fraction of sp³-hybridized carbons (Fsp3) is 0.533. The molecule has 0 bridgehead atoms. The smallest absolute Gasteiger partial charge is 0.238 e. The van der Waals surface area contributed by atoms with E-state index in [4.69, 9.17) is 5.14 Å². The molecular formula is C15H23N3O3S. The van der Waals surface area contributed by atoms with E-state index in [1.807, 2.05) is 6.92 Å². The van der Waals surface area contributed by atoms with Crippen molar-refractivity contribution in [3.63, 3.8) is 0 Å². The Morgan fingerprint density at radius 1 is 1.41 bits per heavy atom. The lowest BCUT2D eigenvalue weighted by atomic mass is 10.1. The first-order valence-corrected chi connectivity index (χ1v) is 8.99. The average molecular weight is 325 g/mol. The highest BCUT2D eigenvalue weighted by Crippen LogP contribution is 2.24. The van der Waals surface area contributed by atoms with Crippen LogP contribution in [-0.2, 0) is 14.8 Å². The third-order valence-electron chi connectivity index (χ3n) is 4.13. The number of benzene rings is 1. The minimum Gasteiger partial charge on any atom is -0.326 e. The van der Waals surface area contributed by atoms with Crippen molar-refractivity contribution in [3.05, 3.63) is 23.3 Å². The van der Waals surface area contributed by atoms with E-state index in [0.29, 0.717) is 18.2 Å². The van der Waals surface area contributed by atoms with Crippen LogP contribution in [0, 0.1) is 13.8 Å². The summed E-state index contributed by atoms with van der Waals surface area (Å²) in [4.78, 5) is 12.1. The van der Waals surface area contributed by atoms with Crippen LogP contribution in [0.1, 0.15) is 36.8 Å². The summed E-state index contributed by atoms with van der Waals surface area (Å²) in [6, 6.07) is 3.34. The number of carbonyl (C=O) groups excluding carboxylic acids is 1. The summed E-state index contributed by atoms with van der Waals surface area (Å²) in [5, 5.41) is 11.3. The van der Waals surface area contributed by atoms with Crippen LogP contribution in [0.3, 0.4) is 0 Å². The maximum absolute atomic E-state index is 12.1. The highest BCUT2D eigenvalue weighted by molar-refractivity contribution is 7.89. The van der Waals surface area contributed by atoms with E-state index in [9.17, 15) is 13.2 Å². The number of hydrogen-bond donors (Lipinski definition) is 3. The highest BCUT2D eigenvalue weighted by Gasteiger charge is 2.17. The molecule has 0 saturated carbocycles. The van der Waals surface area contributed by atoms with Gasteiger partial charge in [0.05, 0.1) is 4.90 Å². The van der Waals surface area contributed by atoms with Crippen molar-refractivity contribution in [2.75, 3.05) is 11.9 Å². The van der Waals surface area contributed by atoms with E-state index in [-0.39, 0.29) is 10.8 Å². The van der Waals surface area contributed by atoms with Crippen molar-refractivity contribution >= 4 is 21.6 Å². The second-order valence-corrected chi connectivity index (χ2v) is 7.40. The number of rotatable bonds is 5. The van der Waals surface area contributed by atoms with Gasteiger partial charge in [-0.2, -0.15) is 0 Å². The molecule has 7 heteroatoms. The molecule has 1 aromatic rings. The lowest BCUT2D eigenvalue weighted by Gasteiger charge is -2.14. The lowest BCUT2D eigenvalue weighted by molar-refractivity contribution is -0.116. The fourth-order valence-electron chi connectivity index (χ4n) is 2.64. The third kappa shape index (κ3) is 4.28. The van der Waals surface area contributed by atoms with Gasteiger partial charge in [-0.25, -0.2) is 13.6 Å². The molecule has 0 aromatic heterocycles. The molecule has 1 heterocycles. The lowest BCUT2D eigenvalue weighted by Crippen LogP contribution is -2.24. The van der Waals surface area contributed by atoms with Crippen molar-refractivity contribution in [1.29, 1.82) is 0 Å². The molecule has 2 rings (SSSR count). The summed E-state index contributed by atoms with van der Waals surface area (Å²) in [5.41, 5.74) is 2.13. The molecule has 1 unspecified atom stereocenters. The Hall–Kier alpha value is -1.44. The van der Waals surface area contributed by atoms with Gasteiger partial charge < -0.3 is 10.6 Å². The van der Waals surface area contributed by atoms with Gasteiger partial charge >= 0.3 is 0 Å². The van der Waals surface area contributed by atoms with Gasteiger partial charge in [-0.1, -0.05) is 0 Å². The standard InChI is InChI=1S/C15H23N3O3S/c1-10-8-13(22(16,20)21)9-14(11(10)2)18-15(19)6-5-12-4-3-7-17-12/h8-9,12,17H,3-7H2,1-2H3,(H,18,19)(H2,16,20,21). The van der Waals surface area contributed by atoms with Crippen LogP contribution in [0.25, 0.3) is 0 Å². The van der Waals surface area contributed by atoms with Crippen LogP contribution < -0.4 is 15.8 Å². The summed E-state index contributed by atoms with van der Waals surface area (Å²) in [6.07, 6.45) is 3.46. The maximum Gasteiger partial charge on any atom is 0.238 e. The molecule has 1 aliphatic heterocycles. The van der Waals surface area contributed by atoms with Crippen LogP contribution in [-0.4, -0.2) is 26.9 Å². The summed E-state index contributed by atoms with van der Waals surface area (Å²) in [6.45, 7) is 4.65. The van der Waals surface area contributed by atoms with Gasteiger partial charge in [0.1, 0.15) is 0 Å². The van der Waals surface area contributed by atoms with Gasteiger partial charge in [0.15, 0.2) is 0 Å². The number of aryl methyl sites for hydroxylation is 1. The minimum absolute atomic E-state index is 0.0170. The fourth-order valence-corrected chi connectivity index (χ4v) is 3.26. The molecule has 1 atom stereocenters. The van der Waals surface area contributed by atoms with Gasteiger partial charge in [0, 0.05) is 18.2 Å². The predicted molar refractivity (Wildman–Crippen MR) is 86.2 cm³/mol. The van der Waals surface area contributed by atoms with Gasteiger partial charge in [-0.05, 0) is 62.9 Å². The zero-order valence-corrected chi connectivity index (χ0v) is 13.8. The topological polar surface area (TPSA) is 101 Å². The van der Waals surface area contributed by atoms with Crippen molar-refractivity contribution in [3.8, 4) is 0 Å². The Morgan fingerprint density at radius 2 is 2.14 bits per heavy atom. The Morgan fingerprint density at radius 3 is 2.73 bits per heavy atom. The Bertz CT molecular complexity index is 665. The quantitative estimate of drug-likeness (QED) is 0.762. The molecule has 0 radical (unpaired) electrons. The van der Waals surface area contributed by atoms with Crippen LogP contribution in [0.4, 0.5) is 5.69 Å².